The normalized spacial score (nSPS) is 17.6. The van der Waals surface area contributed by atoms with E-state index in [1.54, 1.807) is 37.4 Å². The maximum atomic E-state index is 12.8. The Morgan fingerprint density at radius 2 is 1.87 bits per heavy atom. The fraction of sp³-hybridized carbons (Fsp3) is 0.208. The lowest BCUT2D eigenvalue weighted by Gasteiger charge is -2.33. The maximum Gasteiger partial charge on any atom is 0.339 e. The molecule has 30 heavy (non-hydrogen) atoms. The summed E-state index contributed by atoms with van der Waals surface area (Å²) in [6.07, 6.45) is 1.98. The molecule has 1 N–H and O–H groups in total. The molecule has 6 nitrogen and oxygen atoms in total. The van der Waals surface area contributed by atoms with Crippen LogP contribution in [0.1, 0.15) is 34.0 Å². The van der Waals surface area contributed by atoms with Crippen LogP contribution < -0.4 is 10.1 Å². The molecule has 2 aromatic carbocycles. The molecule has 0 fully saturated rings. The third kappa shape index (κ3) is 4.33. The number of hydrogen-bond donors (Lipinski definition) is 1. The average molecular weight is 402 g/mol. The fourth-order valence-corrected chi connectivity index (χ4v) is 3.40. The first-order valence-electron chi connectivity index (χ1n) is 9.75. The monoisotopic (exact) mass is 402 g/mol. The van der Waals surface area contributed by atoms with Crippen LogP contribution in [0.3, 0.4) is 0 Å². The number of aromatic nitrogens is 1. The molecule has 4 rings (SSSR count). The molecule has 1 unspecified atom stereocenters. The summed E-state index contributed by atoms with van der Waals surface area (Å²) in [4.78, 5) is 29.3. The lowest BCUT2D eigenvalue weighted by molar-refractivity contribution is -0.140. The number of nitrogens with one attached hydrogen (secondary N) is 1. The van der Waals surface area contributed by atoms with Crippen molar-refractivity contribution in [3.8, 4) is 5.88 Å². The van der Waals surface area contributed by atoms with Crippen LogP contribution in [0.5, 0.6) is 5.88 Å². The average Bonchev–Trinajstić information content (AvgIpc) is 2.77. The van der Waals surface area contributed by atoms with E-state index in [1.807, 2.05) is 42.5 Å². The molecule has 1 aliphatic rings. The zero-order valence-electron chi connectivity index (χ0n) is 16.6. The van der Waals surface area contributed by atoms with Gasteiger partial charge in [-0.05, 0) is 35.7 Å². The number of benzene rings is 2. The quantitative estimate of drug-likeness (QED) is 0.639. The number of esters is 1. The summed E-state index contributed by atoms with van der Waals surface area (Å²) < 4.78 is 11.2. The molecule has 0 saturated heterocycles. The van der Waals surface area contributed by atoms with E-state index in [9.17, 15) is 9.59 Å². The van der Waals surface area contributed by atoms with Crippen LogP contribution in [0.15, 0.2) is 72.9 Å². The summed E-state index contributed by atoms with van der Waals surface area (Å²) in [5.41, 5.74) is 1.97. The zero-order chi connectivity index (χ0) is 21.0. The van der Waals surface area contributed by atoms with Crippen molar-refractivity contribution in [2.45, 2.75) is 32.1 Å². The minimum Gasteiger partial charge on any atom is -0.473 e. The summed E-state index contributed by atoms with van der Waals surface area (Å²) in [6, 6.07) is 20.6. The molecule has 0 bridgehead atoms. The predicted octanol–water partition coefficient (Wildman–Crippen LogP) is 3.45. The van der Waals surface area contributed by atoms with Crippen molar-refractivity contribution in [2.75, 3.05) is 0 Å². The van der Waals surface area contributed by atoms with Crippen molar-refractivity contribution in [2.24, 2.45) is 0 Å². The summed E-state index contributed by atoms with van der Waals surface area (Å²) in [7, 11) is 0. The van der Waals surface area contributed by atoms with Gasteiger partial charge < -0.3 is 14.8 Å². The molecule has 2 heterocycles. The van der Waals surface area contributed by atoms with Gasteiger partial charge in [0.1, 0.15) is 6.61 Å². The van der Waals surface area contributed by atoms with Crippen molar-refractivity contribution in [1.82, 2.24) is 10.3 Å². The molecule has 0 aliphatic carbocycles. The number of amides is 1. The number of nitrogens with zero attached hydrogens (tertiary/aromatic N) is 1. The second-order valence-corrected chi connectivity index (χ2v) is 7.41. The summed E-state index contributed by atoms with van der Waals surface area (Å²) in [5.74, 6) is -0.334. The molecule has 0 spiro atoms. The molecule has 3 aromatic rings. The Balaban J connectivity index is 1.37. The van der Waals surface area contributed by atoms with E-state index in [0.717, 1.165) is 16.7 Å². The molecule has 6 heteroatoms. The second-order valence-electron chi connectivity index (χ2n) is 7.41. The molecule has 0 radical (unpaired) electrons. The van der Waals surface area contributed by atoms with Crippen molar-refractivity contribution < 1.29 is 19.1 Å². The largest absolute Gasteiger partial charge is 0.473 e. The summed E-state index contributed by atoms with van der Waals surface area (Å²) in [6.45, 7) is 2.33. The van der Waals surface area contributed by atoms with Crippen molar-refractivity contribution in [3.63, 3.8) is 0 Å². The van der Waals surface area contributed by atoms with Crippen LogP contribution in [-0.4, -0.2) is 22.5 Å². The van der Waals surface area contributed by atoms with Crippen LogP contribution in [0.2, 0.25) is 0 Å². The van der Waals surface area contributed by atoms with Gasteiger partial charge in [0.05, 0.1) is 5.56 Å². The number of rotatable bonds is 6. The van der Waals surface area contributed by atoms with Gasteiger partial charge in [0.25, 0.3) is 5.91 Å². The topological polar surface area (TPSA) is 77.5 Å². The third-order valence-corrected chi connectivity index (χ3v) is 5.05. The van der Waals surface area contributed by atoms with E-state index in [-0.39, 0.29) is 12.5 Å². The number of pyridine rings is 1. The summed E-state index contributed by atoms with van der Waals surface area (Å²) in [5, 5.41) is 2.86. The van der Waals surface area contributed by atoms with E-state index < -0.39 is 11.6 Å². The Hall–Kier alpha value is -3.67. The number of ether oxygens (including phenoxy) is 2. The Kier molecular flexibility index (Phi) is 5.48. The van der Waals surface area contributed by atoms with Crippen molar-refractivity contribution >= 4 is 11.9 Å². The van der Waals surface area contributed by atoms with Gasteiger partial charge in [-0.15, -0.1) is 0 Å². The number of carbonyl (C=O) groups excluding carboxylic acids is 2. The molecular formula is C24H22N2O4. The Morgan fingerprint density at radius 1 is 1.10 bits per heavy atom. The highest BCUT2D eigenvalue weighted by atomic mass is 16.6. The standard InChI is InChI=1S/C24H22N2O4/c1-24(14-19-9-5-6-10-20(19)22(27)30-24)23(28)26-15-18-11-12-25-21(13-18)29-16-17-7-3-2-4-8-17/h2-13H,14-16H2,1H3,(H,26,28). The number of cyclic esters (lactones) is 1. The van der Waals surface area contributed by atoms with Crippen LogP contribution in [0, 0.1) is 0 Å². The first-order valence-corrected chi connectivity index (χ1v) is 9.75. The summed E-state index contributed by atoms with van der Waals surface area (Å²) >= 11 is 0. The van der Waals surface area contributed by atoms with Crippen molar-refractivity contribution in [1.29, 1.82) is 0 Å². The Labute approximate surface area is 174 Å². The number of fused-ring (bicyclic) bond motifs is 1. The van der Waals surface area contributed by atoms with Crippen LogP contribution >= 0.6 is 0 Å². The van der Waals surface area contributed by atoms with Gasteiger partial charge in [-0.25, -0.2) is 9.78 Å². The number of hydrogen-bond acceptors (Lipinski definition) is 5. The fourth-order valence-electron chi connectivity index (χ4n) is 3.40. The van der Waals surface area contributed by atoms with Crippen LogP contribution in [0.4, 0.5) is 0 Å². The highest BCUT2D eigenvalue weighted by Crippen LogP contribution is 2.28. The first-order chi connectivity index (χ1) is 14.5. The van der Waals surface area contributed by atoms with Gasteiger partial charge in [-0.1, -0.05) is 48.5 Å². The van der Waals surface area contributed by atoms with E-state index in [2.05, 4.69) is 10.3 Å². The van der Waals surface area contributed by atoms with Gasteiger partial charge in [0.15, 0.2) is 5.60 Å². The van der Waals surface area contributed by atoms with E-state index in [4.69, 9.17) is 9.47 Å². The van der Waals surface area contributed by atoms with Gasteiger partial charge in [-0.2, -0.15) is 0 Å². The third-order valence-electron chi connectivity index (χ3n) is 5.05. The van der Waals surface area contributed by atoms with E-state index in [0.29, 0.717) is 24.5 Å². The maximum absolute atomic E-state index is 12.8. The van der Waals surface area contributed by atoms with Crippen LogP contribution in [0.25, 0.3) is 0 Å². The Bertz CT molecular complexity index is 1070. The predicted molar refractivity (Wildman–Crippen MR) is 111 cm³/mol. The molecule has 0 saturated carbocycles. The van der Waals surface area contributed by atoms with E-state index in [1.165, 1.54) is 0 Å². The second kappa shape index (κ2) is 8.37. The highest BCUT2D eigenvalue weighted by molar-refractivity contribution is 5.97. The first kappa shape index (κ1) is 19.6. The van der Waals surface area contributed by atoms with Gasteiger partial charge in [0, 0.05) is 25.2 Å². The van der Waals surface area contributed by atoms with Crippen molar-refractivity contribution in [3.05, 3.63) is 95.2 Å². The molecule has 1 amide bonds. The smallest absolute Gasteiger partial charge is 0.339 e. The molecule has 152 valence electrons. The minimum atomic E-state index is -1.24. The van der Waals surface area contributed by atoms with Gasteiger partial charge in [-0.3, -0.25) is 4.79 Å². The zero-order valence-corrected chi connectivity index (χ0v) is 16.6. The number of carbonyl (C=O) groups is 2. The van der Waals surface area contributed by atoms with Gasteiger partial charge >= 0.3 is 5.97 Å². The van der Waals surface area contributed by atoms with E-state index >= 15 is 0 Å². The lowest BCUT2D eigenvalue weighted by Crippen LogP contribution is -2.51. The molecule has 1 aromatic heterocycles. The molecule has 1 aliphatic heterocycles. The highest BCUT2D eigenvalue weighted by Gasteiger charge is 2.42. The van der Waals surface area contributed by atoms with Crippen LogP contribution in [-0.2, 0) is 29.1 Å². The molecule has 1 atom stereocenters. The van der Waals surface area contributed by atoms with Gasteiger partial charge in [0.2, 0.25) is 5.88 Å². The minimum absolute atomic E-state index is 0.276. The molecular weight excluding hydrogens is 380 g/mol. The SMILES string of the molecule is CC1(C(=O)NCc2ccnc(OCc3ccccc3)c2)Cc2ccccc2C(=O)O1. The lowest BCUT2D eigenvalue weighted by atomic mass is 9.89. The Morgan fingerprint density at radius 3 is 2.70 bits per heavy atom.